The van der Waals surface area contributed by atoms with Crippen molar-refractivity contribution in [2.75, 3.05) is 0 Å². The van der Waals surface area contributed by atoms with Gasteiger partial charge in [-0.05, 0) is 17.3 Å². The first-order valence-electron chi connectivity index (χ1n) is 4.72. The van der Waals surface area contributed by atoms with E-state index in [0.717, 1.165) is 4.90 Å². The van der Waals surface area contributed by atoms with E-state index in [2.05, 4.69) is 5.16 Å². The molecule has 2 rings (SSSR count). The molecule has 0 unspecified atom stereocenters. The maximum Gasteiger partial charge on any atom is 0.376 e. The Kier molecular flexibility index (Phi) is 3.39. The number of benzene rings is 1. The van der Waals surface area contributed by atoms with Crippen LogP contribution in [0.5, 0.6) is 5.88 Å². The molecule has 7 heteroatoms. The van der Waals surface area contributed by atoms with Gasteiger partial charge in [-0.15, -0.1) is 0 Å². The van der Waals surface area contributed by atoms with Gasteiger partial charge in [0, 0.05) is 4.90 Å². The second-order valence-electron chi connectivity index (χ2n) is 3.07. The number of rotatable bonds is 4. The van der Waals surface area contributed by atoms with Crippen LogP contribution in [-0.4, -0.2) is 24.3 Å². The van der Waals surface area contributed by atoms with Gasteiger partial charge < -0.3 is 14.3 Å². The van der Waals surface area contributed by atoms with Crippen LogP contribution in [0.4, 0.5) is 0 Å². The number of carbonyl (C=O) groups is 1. The SMILES string of the molecule is BOc1noc(C(=O)O)c1Sc1ccccc1. The largest absolute Gasteiger partial charge is 0.552 e. The Morgan fingerprint density at radius 3 is 2.71 bits per heavy atom. The highest BCUT2D eigenvalue weighted by atomic mass is 32.2. The predicted molar refractivity (Wildman–Crippen MR) is 63.2 cm³/mol. The lowest BCUT2D eigenvalue weighted by molar-refractivity contribution is 0.0647. The summed E-state index contributed by atoms with van der Waals surface area (Å²) < 4.78 is 9.68. The molecule has 0 amide bonds. The summed E-state index contributed by atoms with van der Waals surface area (Å²) in [5, 5.41) is 12.5. The topological polar surface area (TPSA) is 72.6 Å². The monoisotopic (exact) mass is 249 g/mol. The molecule has 0 saturated carbocycles. The number of aromatic carboxylic acids is 1. The average molecular weight is 249 g/mol. The van der Waals surface area contributed by atoms with E-state index in [4.69, 9.17) is 14.3 Å². The number of nitrogens with zero attached hydrogens (tertiary/aromatic N) is 1. The minimum Gasteiger partial charge on any atom is -0.552 e. The van der Waals surface area contributed by atoms with Crippen LogP contribution < -0.4 is 4.65 Å². The smallest absolute Gasteiger partial charge is 0.376 e. The number of aromatic nitrogens is 1. The summed E-state index contributed by atoms with van der Waals surface area (Å²) in [7, 11) is 1.42. The van der Waals surface area contributed by atoms with E-state index in [0.29, 0.717) is 4.90 Å². The molecule has 0 aliphatic carbocycles. The summed E-state index contributed by atoms with van der Waals surface area (Å²) in [4.78, 5) is 12.2. The Morgan fingerprint density at radius 2 is 2.12 bits per heavy atom. The van der Waals surface area contributed by atoms with E-state index in [1.165, 1.54) is 19.8 Å². The van der Waals surface area contributed by atoms with Gasteiger partial charge in [0.2, 0.25) is 0 Å². The summed E-state index contributed by atoms with van der Waals surface area (Å²) in [5.74, 6) is -1.20. The zero-order valence-corrected chi connectivity index (χ0v) is 9.73. The van der Waals surface area contributed by atoms with E-state index >= 15 is 0 Å². The van der Waals surface area contributed by atoms with Crippen molar-refractivity contribution in [2.45, 2.75) is 9.79 Å². The van der Waals surface area contributed by atoms with Crippen molar-refractivity contribution in [3.8, 4) is 5.88 Å². The molecule has 0 spiro atoms. The summed E-state index contributed by atoms with van der Waals surface area (Å²) in [6.45, 7) is 0. The Balaban J connectivity index is 2.37. The molecule has 0 atom stereocenters. The van der Waals surface area contributed by atoms with Crippen LogP contribution in [0.3, 0.4) is 0 Å². The van der Waals surface area contributed by atoms with Gasteiger partial charge in [-0.25, -0.2) is 4.79 Å². The van der Waals surface area contributed by atoms with Gasteiger partial charge in [-0.3, -0.25) is 0 Å². The van der Waals surface area contributed by atoms with Crippen LogP contribution in [0.15, 0.2) is 44.6 Å². The third kappa shape index (κ3) is 2.44. The summed E-state index contributed by atoms with van der Waals surface area (Å²) in [6.07, 6.45) is 0. The van der Waals surface area contributed by atoms with Crippen LogP contribution in [0, 0.1) is 0 Å². The van der Waals surface area contributed by atoms with Crippen molar-refractivity contribution in [1.82, 2.24) is 5.16 Å². The first-order chi connectivity index (χ1) is 8.22. The van der Waals surface area contributed by atoms with E-state index in [1.54, 1.807) is 0 Å². The highest BCUT2D eigenvalue weighted by molar-refractivity contribution is 7.99. The molecule has 1 heterocycles. The first kappa shape index (κ1) is 11.6. The molecule has 0 saturated heterocycles. The summed E-state index contributed by atoms with van der Waals surface area (Å²) >= 11 is 1.24. The third-order valence-corrected chi connectivity index (χ3v) is 3.04. The Hall–Kier alpha value is -1.89. The second-order valence-corrected chi connectivity index (χ2v) is 4.15. The number of hydrogen-bond donors (Lipinski definition) is 1. The van der Waals surface area contributed by atoms with E-state index in [1.807, 2.05) is 30.3 Å². The molecule has 2 aromatic rings. The second kappa shape index (κ2) is 4.96. The molecule has 0 aliphatic heterocycles. The fourth-order valence-corrected chi connectivity index (χ4v) is 2.18. The fraction of sp³-hybridized carbons (Fsp3) is 0. The van der Waals surface area contributed by atoms with Crippen LogP contribution in [0.2, 0.25) is 0 Å². The van der Waals surface area contributed by atoms with Gasteiger partial charge in [0.25, 0.3) is 11.6 Å². The van der Waals surface area contributed by atoms with Crippen molar-refractivity contribution >= 4 is 25.8 Å². The van der Waals surface area contributed by atoms with Gasteiger partial charge in [0.05, 0.1) is 0 Å². The Labute approximate surface area is 102 Å². The maximum absolute atomic E-state index is 10.9. The molecule has 17 heavy (non-hydrogen) atoms. The average Bonchev–Trinajstić information content (AvgIpc) is 2.73. The van der Waals surface area contributed by atoms with Crippen molar-refractivity contribution in [1.29, 1.82) is 0 Å². The zero-order valence-electron chi connectivity index (χ0n) is 8.91. The minimum absolute atomic E-state index is 0.177. The normalized spacial score (nSPS) is 10.1. The van der Waals surface area contributed by atoms with Crippen molar-refractivity contribution in [2.24, 2.45) is 0 Å². The third-order valence-electron chi connectivity index (χ3n) is 1.97. The molecule has 0 radical (unpaired) electrons. The quantitative estimate of drug-likeness (QED) is 0.826. The van der Waals surface area contributed by atoms with Gasteiger partial charge in [0.1, 0.15) is 4.90 Å². The van der Waals surface area contributed by atoms with E-state index in [-0.39, 0.29) is 11.6 Å². The Bertz CT molecular complexity index is 528. The minimum atomic E-state index is -1.17. The Morgan fingerprint density at radius 1 is 1.41 bits per heavy atom. The highest BCUT2D eigenvalue weighted by Gasteiger charge is 2.23. The number of hydrogen-bond acceptors (Lipinski definition) is 5. The van der Waals surface area contributed by atoms with Crippen LogP contribution >= 0.6 is 11.8 Å². The van der Waals surface area contributed by atoms with Crippen LogP contribution in [0.25, 0.3) is 0 Å². The molecular weight excluding hydrogens is 241 g/mol. The first-order valence-corrected chi connectivity index (χ1v) is 5.54. The number of carboxylic acids is 1. The molecule has 0 aliphatic rings. The molecule has 1 aromatic heterocycles. The fourth-order valence-electron chi connectivity index (χ4n) is 1.23. The molecule has 1 N–H and O–H groups in total. The molecular formula is C10H8BNO4S. The highest BCUT2D eigenvalue weighted by Crippen LogP contribution is 2.37. The molecule has 86 valence electrons. The zero-order chi connectivity index (χ0) is 12.3. The standard InChI is InChI=1S/C10H8BNO4S/c11-15-9-8(7(10(13)14)16-12-9)17-6-4-2-1-3-5-6/h1-5H,11H2,(H,13,14). The van der Waals surface area contributed by atoms with Gasteiger partial charge in [-0.2, -0.15) is 0 Å². The van der Waals surface area contributed by atoms with Crippen LogP contribution in [-0.2, 0) is 0 Å². The van der Waals surface area contributed by atoms with Gasteiger partial charge in [-0.1, -0.05) is 30.0 Å². The lowest BCUT2D eigenvalue weighted by atomic mass is 10.4. The predicted octanol–water partition coefficient (Wildman–Crippen LogP) is 1.45. The molecule has 0 bridgehead atoms. The lowest BCUT2D eigenvalue weighted by Crippen LogP contribution is -1.96. The summed E-state index contributed by atoms with van der Waals surface area (Å²) in [5.41, 5.74) is 0. The molecule has 5 nitrogen and oxygen atoms in total. The summed E-state index contributed by atoms with van der Waals surface area (Å²) in [6, 6.07) is 9.34. The van der Waals surface area contributed by atoms with Crippen molar-refractivity contribution in [3.05, 3.63) is 36.1 Å². The molecule has 1 aromatic carbocycles. The maximum atomic E-state index is 10.9. The van der Waals surface area contributed by atoms with Crippen molar-refractivity contribution < 1.29 is 19.1 Å². The van der Waals surface area contributed by atoms with Gasteiger partial charge >= 0.3 is 14.0 Å². The lowest BCUT2D eigenvalue weighted by Gasteiger charge is -2.01. The van der Waals surface area contributed by atoms with E-state index in [9.17, 15) is 4.79 Å². The van der Waals surface area contributed by atoms with Gasteiger partial charge in [0.15, 0.2) is 0 Å². The number of carboxylic acid groups (broad SMARTS) is 1. The van der Waals surface area contributed by atoms with Crippen molar-refractivity contribution in [3.63, 3.8) is 0 Å². The molecule has 0 fully saturated rings. The van der Waals surface area contributed by atoms with E-state index < -0.39 is 5.97 Å². The van der Waals surface area contributed by atoms with Crippen LogP contribution in [0.1, 0.15) is 10.6 Å².